The van der Waals surface area contributed by atoms with E-state index in [2.05, 4.69) is 97.1 Å². The summed E-state index contributed by atoms with van der Waals surface area (Å²) in [4.78, 5) is 9.48. The van der Waals surface area contributed by atoms with E-state index in [9.17, 15) is 0 Å². The zero-order valence-electron chi connectivity index (χ0n) is 23.9. The van der Waals surface area contributed by atoms with Crippen molar-refractivity contribution >= 4 is 16.6 Å². The molecule has 3 heterocycles. The van der Waals surface area contributed by atoms with Crippen molar-refractivity contribution in [1.82, 2.24) is 14.5 Å². The van der Waals surface area contributed by atoms with Gasteiger partial charge in [-0.2, -0.15) is 0 Å². The van der Waals surface area contributed by atoms with Crippen LogP contribution in [0.4, 0.5) is 0 Å². The van der Waals surface area contributed by atoms with Gasteiger partial charge in [-0.15, -0.1) is 71.3 Å². The van der Waals surface area contributed by atoms with Crippen LogP contribution >= 0.6 is 0 Å². The topological polar surface area (TPSA) is 30.7 Å². The number of fused-ring (bicyclic) bond motifs is 3. The number of hydrogen-bond donors (Lipinski definition) is 0. The van der Waals surface area contributed by atoms with Gasteiger partial charge in [0.05, 0.1) is 16.9 Å². The minimum absolute atomic E-state index is 0. The first-order valence-electron chi connectivity index (χ1n) is 14.8. The van der Waals surface area contributed by atoms with Crippen LogP contribution in [0.15, 0.2) is 85.1 Å². The second-order valence-electron chi connectivity index (χ2n) is 11.6. The average molecular weight is 714 g/mol. The average Bonchev–Trinajstić information content (AvgIpc) is 3.68. The van der Waals surface area contributed by atoms with Crippen molar-refractivity contribution in [2.24, 2.45) is 5.92 Å². The molecule has 1 saturated carbocycles. The van der Waals surface area contributed by atoms with E-state index in [-0.39, 0.29) is 20.1 Å². The fourth-order valence-corrected chi connectivity index (χ4v) is 7.08. The van der Waals surface area contributed by atoms with Gasteiger partial charge >= 0.3 is 0 Å². The molecule has 0 saturated heterocycles. The molecular formula is C37H35IrN3-2. The fraction of sp³-hybridized carbons (Fsp3) is 0.297. The molecule has 41 heavy (non-hydrogen) atoms. The molecule has 8 rings (SSSR count). The number of hydrogen-bond acceptors (Lipinski definition) is 2. The number of aromatic nitrogens is 3. The monoisotopic (exact) mass is 714 g/mol. The van der Waals surface area contributed by atoms with Gasteiger partial charge in [-0.3, -0.25) is 4.98 Å². The summed E-state index contributed by atoms with van der Waals surface area (Å²) in [6, 6.07) is 32.2. The van der Waals surface area contributed by atoms with E-state index >= 15 is 0 Å². The van der Waals surface area contributed by atoms with Crippen LogP contribution < -0.4 is 0 Å². The maximum absolute atomic E-state index is 4.96. The van der Waals surface area contributed by atoms with Crippen LogP contribution in [0.2, 0.25) is 0 Å². The van der Waals surface area contributed by atoms with Crippen LogP contribution in [0, 0.1) is 18.1 Å². The number of pyridine rings is 1. The molecule has 2 aromatic heterocycles. The van der Waals surface area contributed by atoms with Crippen LogP contribution in [0.25, 0.3) is 39.3 Å². The molecule has 5 aromatic rings. The van der Waals surface area contributed by atoms with Gasteiger partial charge in [0, 0.05) is 37.9 Å². The third-order valence-electron chi connectivity index (χ3n) is 9.29. The van der Waals surface area contributed by atoms with Crippen molar-refractivity contribution in [2.75, 3.05) is 0 Å². The van der Waals surface area contributed by atoms with Gasteiger partial charge in [0.15, 0.2) is 0 Å². The van der Waals surface area contributed by atoms with Crippen LogP contribution in [0.3, 0.4) is 0 Å². The second-order valence-corrected chi connectivity index (χ2v) is 11.6. The molecule has 0 spiro atoms. The van der Waals surface area contributed by atoms with Crippen LogP contribution in [0.5, 0.6) is 0 Å². The van der Waals surface area contributed by atoms with E-state index in [4.69, 9.17) is 4.98 Å². The molecule has 1 fully saturated rings. The molecule has 0 bridgehead atoms. The number of rotatable bonds is 2. The molecule has 209 valence electrons. The summed E-state index contributed by atoms with van der Waals surface area (Å²) in [6.45, 7) is 6.85. The molecule has 3 unspecified atom stereocenters. The van der Waals surface area contributed by atoms with Crippen molar-refractivity contribution in [3.8, 4) is 22.6 Å². The summed E-state index contributed by atoms with van der Waals surface area (Å²) in [6.07, 6.45) is 9.76. The van der Waals surface area contributed by atoms with Crippen LogP contribution in [-0.4, -0.2) is 14.5 Å². The first-order valence-corrected chi connectivity index (χ1v) is 14.8. The maximum Gasteiger partial charge on any atom is 0.0777 e. The summed E-state index contributed by atoms with van der Waals surface area (Å²) < 4.78 is 2.40. The number of para-hydroxylation sites is 1. The molecule has 1 aliphatic heterocycles. The number of benzene rings is 3. The van der Waals surface area contributed by atoms with Crippen molar-refractivity contribution in [3.05, 3.63) is 114 Å². The van der Waals surface area contributed by atoms with Gasteiger partial charge in [0.25, 0.3) is 0 Å². The Morgan fingerprint density at radius 2 is 1.59 bits per heavy atom. The summed E-state index contributed by atoms with van der Waals surface area (Å²) >= 11 is 0. The Morgan fingerprint density at radius 3 is 2.39 bits per heavy atom. The Hall–Kier alpha value is -3.33. The largest absolute Gasteiger partial charge is 0.358 e. The molecule has 0 N–H and O–H groups in total. The van der Waals surface area contributed by atoms with Crippen molar-refractivity contribution < 1.29 is 20.1 Å². The van der Waals surface area contributed by atoms with E-state index in [0.29, 0.717) is 17.9 Å². The van der Waals surface area contributed by atoms with Crippen molar-refractivity contribution in [2.45, 2.75) is 64.3 Å². The molecular weight excluding hydrogens is 679 g/mol. The van der Waals surface area contributed by atoms with Gasteiger partial charge in [-0.25, -0.2) is 0 Å². The maximum atomic E-state index is 4.96. The molecule has 2 aliphatic carbocycles. The van der Waals surface area contributed by atoms with E-state index in [1.165, 1.54) is 53.5 Å². The van der Waals surface area contributed by atoms with Crippen LogP contribution in [-0.2, 0) is 20.1 Å². The Labute approximate surface area is 257 Å². The summed E-state index contributed by atoms with van der Waals surface area (Å²) in [7, 11) is 0. The standard InChI is InChI=1S/C22H21N2.C15H14N.Ir/c1-15-14-19(16-8-5-6-9-16)18-12-7-13-20-21(18)24(15)22(23-20)17-10-3-2-4-11-17;1-10-11(2)13-8-5-9-16-15(13)14-7-4-3-6-12(10)14;/h2-4,7,10,12-16H,5-6,8-9H2,1H3;3-6,8-11H,1-2H3;/q2*-1;. The fourth-order valence-electron chi connectivity index (χ4n) is 7.08. The molecule has 1 radical (unpaired) electrons. The third kappa shape index (κ3) is 4.82. The Balaban J connectivity index is 0.000000156. The van der Waals surface area contributed by atoms with Gasteiger partial charge in [0.2, 0.25) is 0 Å². The minimum Gasteiger partial charge on any atom is -0.358 e. The molecule has 3 nitrogen and oxygen atoms in total. The Morgan fingerprint density at radius 1 is 0.805 bits per heavy atom. The number of imidazole rings is 1. The summed E-state index contributed by atoms with van der Waals surface area (Å²) in [5.74, 6) is 2.84. The first-order chi connectivity index (χ1) is 19.6. The van der Waals surface area contributed by atoms with E-state index in [0.717, 1.165) is 28.5 Å². The quantitative estimate of drug-likeness (QED) is 0.171. The smallest absolute Gasteiger partial charge is 0.0777 e. The molecule has 4 heteroatoms. The van der Waals surface area contributed by atoms with Gasteiger partial charge < -0.3 is 9.55 Å². The van der Waals surface area contributed by atoms with Crippen molar-refractivity contribution in [3.63, 3.8) is 0 Å². The molecule has 3 aliphatic rings. The number of nitrogens with zero attached hydrogens (tertiary/aromatic N) is 3. The van der Waals surface area contributed by atoms with E-state index < -0.39 is 0 Å². The summed E-state index contributed by atoms with van der Waals surface area (Å²) in [5.41, 5.74) is 11.5. The predicted molar refractivity (Wildman–Crippen MR) is 164 cm³/mol. The third-order valence-corrected chi connectivity index (χ3v) is 9.29. The second kappa shape index (κ2) is 11.5. The Bertz CT molecular complexity index is 1660. The van der Waals surface area contributed by atoms with E-state index in [1.807, 2.05) is 30.5 Å². The van der Waals surface area contributed by atoms with Crippen molar-refractivity contribution in [1.29, 1.82) is 0 Å². The SMILES string of the molecule is CC1C=C(C2CCCC2)c2cccc3nc(-c4[c-]cccc4)n1c23.CC1c2ccc[c-]c2-c2ncccc2C1C.[Ir]. The Kier molecular flexibility index (Phi) is 7.81. The predicted octanol–water partition coefficient (Wildman–Crippen LogP) is 9.42. The van der Waals surface area contributed by atoms with Crippen LogP contribution in [0.1, 0.15) is 81.0 Å². The minimum atomic E-state index is 0. The zero-order valence-corrected chi connectivity index (χ0v) is 26.3. The first kappa shape index (κ1) is 27.8. The molecule has 0 amide bonds. The molecule has 3 atom stereocenters. The molecule has 3 aromatic carbocycles. The zero-order chi connectivity index (χ0) is 27.2. The van der Waals surface area contributed by atoms with Gasteiger partial charge in [0.1, 0.15) is 0 Å². The number of allylic oxidation sites excluding steroid dienone is 2. The summed E-state index contributed by atoms with van der Waals surface area (Å²) in [5, 5.41) is 0. The normalized spacial score (nSPS) is 20.8. The van der Waals surface area contributed by atoms with Gasteiger partial charge in [-0.05, 0) is 60.9 Å². The van der Waals surface area contributed by atoms with Gasteiger partial charge in [-0.1, -0.05) is 56.5 Å². The van der Waals surface area contributed by atoms with E-state index in [1.54, 1.807) is 5.57 Å².